The van der Waals surface area contributed by atoms with E-state index in [1.165, 1.54) is 9.75 Å². The summed E-state index contributed by atoms with van der Waals surface area (Å²) in [6.07, 6.45) is 1.84. The maximum absolute atomic E-state index is 5.57. The van der Waals surface area contributed by atoms with E-state index >= 15 is 0 Å². The van der Waals surface area contributed by atoms with Crippen LogP contribution in [-0.2, 0) is 0 Å². The Morgan fingerprint density at radius 1 is 1.29 bits per heavy atom. The van der Waals surface area contributed by atoms with Crippen LogP contribution in [0, 0.1) is 6.92 Å². The van der Waals surface area contributed by atoms with Crippen LogP contribution in [0.5, 0.6) is 0 Å². The van der Waals surface area contributed by atoms with Crippen LogP contribution in [0.15, 0.2) is 36.5 Å². The van der Waals surface area contributed by atoms with Crippen LogP contribution in [0.4, 0.5) is 0 Å². The number of aromatic nitrogens is 1. The number of thiocarbonyl (C=S) groups is 1. The number of rotatable bonds is 3. The van der Waals surface area contributed by atoms with Crippen molar-refractivity contribution in [1.82, 2.24) is 15.2 Å². The molecule has 3 heterocycles. The summed E-state index contributed by atoms with van der Waals surface area (Å²) in [6, 6.07) is 11.1. The van der Waals surface area contributed by atoms with E-state index in [0.717, 1.165) is 10.8 Å². The average Bonchev–Trinajstić information content (AvgIpc) is 3.03. The standard InChI is InChI=1S/C16H19N3S2/c1-10(2)19-15(13-8-7-11(3)21-13)14(18-16(19)20)12-6-4-5-9-17-12/h4-10,14-15H,1-3H3,(H,18,20). The summed E-state index contributed by atoms with van der Waals surface area (Å²) >= 11 is 7.41. The molecule has 2 aromatic rings. The third kappa shape index (κ3) is 2.68. The minimum atomic E-state index is 0.110. The zero-order chi connectivity index (χ0) is 15.0. The van der Waals surface area contributed by atoms with Gasteiger partial charge in [-0.1, -0.05) is 6.07 Å². The maximum atomic E-state index is 5.57. The van der Waals surface area contributed by atoms with Gasteiger partial charge in [0, 0.05) is 22.0 Å². The molecule has 1 fully saturated rings. The lowest BCUT2D eigenvalue weighted by Gasteiger charge is -2.30. The van der Waals surface area contributed by atoms with E-state index in [1.807, 2.05) is 29.7 Å². The van der Waals surface area contributed by atoms with Crippen LogP contribution < -0.4 is 5.32 Å². The van der Waals surface area contributed by atoms with Crippen molar-refractivity contribution in [3.05, 3.63) is 52.0 Å². The fraction of sp³-hybridized carbons (Fsp3) is 0.375. The lowest BCUT2D eigenvalue weighted by Crippen LogP contribution is -2.35. The Morgan fingerprint density at radius 3 is 2.67 bits per heavy atom. The van der Waals surface area contributed by atoms with Crippen LogP contribution in [0.25, 0.3) is 0 Å². The summed E-state index contributed by atoms with van der Waals surface area (Å²) in [5.74, 6) is 0. The number of aryl methyl sites for hydroxylation is 1. The molecule has 3 rings (SSSR count). The highest BCUT2D eigenvalue weighted by Gasteiger charge is 2.41. The topological polar surface area (TPSA) is 28.2 Å². The Bertz CT molecular complexity index is 636. The predicted molar refractivity (Wildman–Crippen MR) is 91.5 cm³/mol. The number of hydrogen-bond acceptors (Lipinski definition) is 3. The van der Waals surface area contributed by atoms with Crippen molar-refractivity contribution in [2.75, 3.05) is 0 Å². The fourth-order valence-corrected chi connectivity index (χ4v) is 4.30. The molecule has 0 saturated carbocycles. The van der Waals surface area contributed by atoms with E-state index in [2.05, 4.69) is 54.2 Å². The zero-order valence-electron chi connectivity index (χ0n) is 12.4. The molecular formula is C16H19N3S2. The summed E-state index contributed by atoms with van der Waals surface area (Å²) < 4.78 is 0. The van der Waals surface area contributed by atoms with Gasteiger partial charge in [0.1, 0.15) is 0 Å². The Morgan fingerprint density at radius 2 is 2.10 bits per heavy atom. The molecule has 0 radical (unpaired) electrons. The van der Waals surface area contributed by atoms with Crippen LogP contribution in [0.2, 0.25) is 0 Å². The molecule has 0 aromatic carbocycles. The van der Waals surface area contributed by atoms with E-state index in [1.54, 1.807) is 0 Å². The van der Waals surface area contributed by atoms with Crippen molar-refractivity contribution >= 4 is 28.7 Å². The minimum Gasteiger partial charge on any atom is -0.352 e. The first kappa shape index (κ1) is 14.5. The second kappa shape index (κ2) is 5.73. The van der Waals surface area contributed by atoms with E-state index in [-0.39, 0.29) is 12.1 Å². The molecule has 1 aliphatic rings. The van der Waals surface area contributed by atoms with Crippen LogP contribution in [0.3, 0.4) is 0 Å². The second-order valence-corrected chi connectivity index (χ2v) is 7.28. The predicted octanol–water partition coefficient (Wildman–Crippen LogP) is 3.83. The van der Waals surface area contributed by atoms with Gasteiger partial charge in [-0.3, -0.25) is 4.98 Å². The third-order valence-electron chi connectivity index (χ3n) is 3.74. The van der Waals surface area contributed by atoms with Crippen LogP contribution in [0.1, 0.15) is 41.4 Å². The van der Waals surface area contributed by atoms with Crippen LogP contribution >= 0.6 is 23.6 Å². The van der Waals surface area contributed by atoms with E-state index in [4.69, 9.17) is 12.2 Å². The molecule has 0 amide bonds. The lowest BCUT2D eigenvalue weighted by atomic mass is 10.0. The first-order chi connectivity index (χ1) is 10.1. The van der Waals surface area contributed by atoms with Crippen molar-refractivity contribution in [2.24, 2.45) is 0 Å². The molecule has 2 aromatic heterocycles. The minimum absolute atomic E-state index is 0.110. The molecule has 1 aliphatic heterocycles. The molecule has 0 aliphatic carbocycles. The summed E-state index contributed by atoms with van der Waals surface area (Å²) in [5, 5.41) is 4.28. The van der Waals surface area contributed by atoms with Crippen molar-refractivity contribution in [3.8, 4) is 0 Å². The van der Waals surface area contributed by atoms with Gasteiger partial charge >= 0.3 is 0 Å². The molecule has 2 unspecified atom stereocenters. The molecule has 2 atom stereocenters. The molecule has 3 nitrogen and oxygen atoms in total. The molecule has 0 spiro atoms. The molecule has 110 valence electrons. The summed E-state index contributed by atoms with van der Waals surface area (Å²) in [4.78, 5) is 9.48. The molecule has 0 bridgehead atoms. The first-order valence-electron chi connectivity index (χ1n) is 7.14. The van der Waals surface area contributed by atoms with Gasteiger partial charge in [0.25, 0.3) is 0 Å². The van der Waals surface area contributed by atoms with Gasteiger partial charge in [0.2, 0.25) is 0 Å². The Balaban J connectivity index is 2.05. The normalized spacial score (nSPS) is 21.9. The largest absolute Gasteiger partial charge is 0.352 e. The third-order valence-corrected chi connectivity index (χ3v) is 5.14. The van der Waals surface area contributed by atoms with Gasteiger partial charge in [-0.25, -0.2) is 0 Å². The SMILES string of the molecule is Cc1ccc(C2C(c3ccccn3)NC(=S)N2C(C)C)s1. The van der Waals surface area contributed by atoms with Crippen molar-refractivity contribution in [1.29, 1.82) is 0 Å². The number of pyridine rings is 1. The highest BCUT2D eigenvalue weighted by Crippen LogP contribution is 2.42. The molecule has 5 heteroatoms. The van der Waals surface area contributed by atoms with Crippen LogP contribution in [-0.4, -0.2) is 21.0 Å². The summed E-state index contributed by atoms with van der Waals surface area (Å²) in [5.41, 5.74) is 1.04. The van der Waals surface area contributed by atoms with E-state index < -0.39 is 0 Å². The monoisotopic (exact) mass is 317 g/mol. The van der Waals surface area contributed by atoms with Gasteiger partial charge in [-0.15, -0.1) is 11.3 Å². The Hall–Kier alpha value is -1.46. The van der Waals surface area contributed by atoms with E-state index in [9.17, 15) is 0 Å². The Labute approximate surface area is 135 Å². The number of nitrogens with zero attached hydrogens (tertiary/aromatic N) is 2. The molecule has 1 saturated heterocycles. The molecule has 1 N–H and O–H groups in total. The van der Waals surface area contributed by atoms with Gasteiger partial charge in [0.15, 0.2) is 5.11 Å². The highest BCUT2D eigenvalue weighted by molar-refractivity contribution is 7.80. The Kier molecular flexibility index (Phi) is 3.95. The van der Waals surface area contributed by atoms with Gasteiger partial charge in [-0.05, 0) is 57.3 Å². The number of nitrogens with one attached hydrogen (secondary N) is 1. The zero-order valence-corrected chi connectivity index (χ0v) is 14.0. The second-order valence-electron chi connectivity index (χ2n) is 5.58. The fourth-order valence-electron chi connectivity index (χ4n) is 2.84. The quantitative estimate of drug-likeness (QED) is 0.871. The summed E-state index contributed by atoms with van der Waals surface area (Å²) in [6.45, 7) is 6.51. The van der Waals surface area contributed by atoms with Gasteiger partial charge < -0.3 is 10.2 Å². The lowest BCUT2D eigenvalue weighted by molar-refractivity contribution is 0.273. The first-order valence-corrected chi connectivity index (χ1v) is 8.36. The van der Waals surface area contributed by atoms with Crippen molar-refractivity contribution in [3.63, 3.8) is 0 Å². The molecular weight excluding hydrogens is 298 g/mol. The average molecular weight is 317 g/mol. The van der Waals surface area contributed by atoms with Crippen molar-refractivity contribution < 1.29 is 0 Å². The number of thiophene rings is 1. The number of hydrogen-bond donors (Lipinski definition) is 1. The van der Waals surface area contributed by atoms with E-state index in [0.29, 0.717) is 6.04 Å². The smallest absolute Gasteiger partial charge is 0.170 e. The van der Waals surface area contributed by atoms with Gasteiger partial charge in [0.05, 0.1) is 17.8 Å². The molecule has 21 heavy (non-hydrogen) atoms. The summed E-state index contributed by atoms with van der Waals surface area (Å²) in [7, 11) is 0. The highest BCUT2D eigenvalue weighted by atomic mass is 32.1. The maximum Gasteiger partial charge on any atom is 0.170 e. The van der Waals surface area contributed by atoms with Crippen molar-refractivity contribution in [2.45, 2.75) is 38.9 Å². The van der Waals surface area contributed by atoms with Gasteiger partial charge in [-0.2, -0.15) is 0 Å².